The Kier molecular flexibility index (Phi) is 4.19. The van der Waals surface area contributed by atoms with Gasteiger partial charge in [0.05, 0.1) is 14.2 Å². The van der Waals surface area contributed by atoms with Gasteiger partial charge in [0, 0.05) is 11.1 Å². The molecule has 0 radical (unpaired) electrons. The van der Waals surface area contributed by atoms with E-state index in [0.717, 1.165) is 0 Å². The topological polar surface area (TPSA) is 54.0 Å². The van der Waals surface area contributed by atoms with Crippen molar-refractivity contribution in [2.24, 2.45) is 0 Å². The molecule has 1 aliphatic heterocycles. The number of methoxy groups -OCH3 is 2. The first kappa shape index (κ1) is 15.0. The molecule has 1 aliphatic rings. The molecule has 0 aromatic heterocycles. The number of allylic oxidation sites excluding steroid dienone is 1. The minimum atomic E-state index is -0.0933. The Labute approximate surface area is 134 Å². The van der Waals surface area contributed by atoms with Crippen LogP contribution in [0.1, 0.15) is 15.9 Å². The van der Waals surface area contributed by atoms with Gasteiger partial charge in [-0.3, -0.25) is 4.79 Å². The van der Waals surface area contributed by atoms with Crippen LogP contribution in [0.2, 0.25) is 0 Å². The molecule has 0 fully saturated rings. The van der Waals surface area contributed by atoms with Gasteiger partial charge in [-0.2, -0.15) is 0 Å². The highest BCUT2D eigenvalue weighted by Crippen LogP contribution is 2.49. The van der Waals surface area contributed by atoms with Crippen molar-refractivity contribution in [1.29, 1.82) is 0 Å². The van der Waals surface area contributed by atoms with Gasteiger partial charge in [-0.05, 0) is 18.2 Å². The third kappa shape index (κ3) is 2.85. The normalized spacial score (nSPS) is 12.4. The number of hydrogen-bond donors (Lipinski definition) is 0. The highest BCUT2D eigenvalue weighted by atomic mass is 16.7. The van der Waals surface area contributed by atoms with Gasteiger partial charge in [-0.1, -0.05) is 30.3 Å². The lowest BCUT2D eigenvalue weighted by molar-refractivity contribution is 0.104. The quantitative estimate of drug-likeness (QED) is 0.626. The minimum absolute atomic E-state index is 0.0933. The zero-order valence-electron chi connectivity index (χ0n) is 12.9. The van der Waals surface area contributed by atoms with Crippen molar-refractivity contribution in [3.8, 4) is 23.0 Å². The van der Waals surface area contributed by atoms with Crippen molar-refractivity contribution >= 4 is 11.9 Å². The van der Waals surface area contributed by atoms with Crippen LogP contribution in [0.3, 0.4) is 0 Å². The maximum Gasteiger partial charge on any atom is 0.231 e. The molecule has 2 aromatic carbocycles. The van der Waals surface area contributed by atoms with Crippen molar-refractivity contribution in [1.82, 2.24) is 0 Å². The third-order valence-electron chi connectivity index (χ3n) is 3.49. The van der Waals surface area contributed by atoms with Crippen LogP contribution in [0, 0.1) is 0 Å². The number of ether oxygens (including phenoxy) is 4. The highest BCUT2D eigenvalue weighted by Gasteiger charge is 2.26. The third-order valence-corrected chi connectivity index (χ3v) is 3.49. The Hall–Kier alpha value is -2.95. The standard InChI is InChI=1S/C18H16O5/c1-20-15-10-13(16(21-2)18-17(15)22-11-23-18)8-9-14(19)12-6-4-3-5-7-12/h3-10H,11H2,1-2H3. The van der Waals surface area contributed by atoms with E-state index < -0.39 is 0 Å². The van der Waals surface area contributed by atoms with Crippen LogP contribution in [0.5, 0.6) is 23.0 Å². The van der Waals surface area contributed by atoms with Gasteiger partial charge in [-0.15, -0.1) is 0 Å². The van der Waals surface area contributed by atoms with Gasteiger partial charge >= 0.3 is 0 Å². The second-order valence-corrected chi connectivity index (χ2v) is 4.83. The van der Waals surface area contributed by atoms with E-state index in [2.05, 4.69) is 0 Å². The number of ketones is 1. The SMILES string of the molecule is COc1cc(C=CC(=O)c2ccccc2)c(OC)c2c1OCO2. The fourth-order valence-corrected chi connectivity index (χ4v) is 2.38. The summed E-state index contributed by atoms with van der Waals surface area (Å²) < 4.78 is 21.6. The van der Waals surface area contributed by atoms with Crippen LogP contribution in [0.4, 0.5) is 0 Å². The summed E-state index contributed by atoms with van der Waals surface area (Å²) in [7, 11) is 3.09. The summed E-state index contributed by atoms with van der Waals surface area (Å²) in [6, 6.07) is 10.8. The molecule has 0 bridgehead atoms. The number of carbonyl (C=O) groups excluding carboxylic acids is 1. The Morgan fingerprint density at radius 2 is 1.83 bits per heavy atom. The number of rotatable bonds is 5. The Balaban J connectivity index is 1.97. The number of hydrogen-bond acceptors (Lipinski definition) is 5. The number of carbonyl (C=O) groups is 1. The summed E-state index contributed by atoms with van der Waals surface area (Å²) >= 11 is 0. The molecule has 0 N–H and O–H groups in total. The average Bonchev–Trinajstić information content (AvgIpc) is 3.08. The Morgan fingerprint density at radius 1 is 1.09 bits per heavy atom. The molecular weight excluding hydrogens is 296 g/mol. The summed E-state index contributed by atoms with van der Waals surface area (Å²) in [5.74, 6) is 1.94. The summed E-state index contributed by atoms with van der Waals surface area (Å²) in [5, 5.41) is 0. The lowest BCUT2D eigenvalue weighted by Gasteiger charge is -2.11. The molecule has 0 spiro atoms. The van der Waals surface area contributed by atoms with Crippen molar-refractivity contribution < 1.29 is 23.7 Å². The van der Waals surface area contributed by atoms with Crippen LogP contribution in [0.25, 0.3) is 6.08 Å². The molecule has 0 saturated carbocycles. The molecule has 2 aromatic rings. The summed E-state index contributed by atoms with van der Waals surface area (Å²) in [6.07, 6.45) is 3.17. The summed E-state index contributed by atoms with van der Waals surface area (Å²) in [4.78, 5) is 12.2. The lowest BCUT2D eigenvalue weighted by atomic mass is 10.1. The molecule has 1 heterocycles. The van der Waals surface area contributed by atoms with Crippen LogP contribution >= 0.6 is 0 Å². The number of benzene rings is 2. The lowest BCUT2D eigenvalue weighted by Crippen LogP contribution is -1.95. The second kappa shape index (κ2) is 6.44. The van der Waals surface area contributed by atoms with Gasteiger partial charge in [0.1, 0.15) is 0 Å². The molecule has 23 heavy (non-hydrogen) atoms. The first-order chi connectivity index (χ1) is 11.2. The Morgan fingerprint density at radius 3 is 2.52 bits per heavy atom. The molecule has 0 aliphatic carbocycles. The zero-order chi connectivity index (χ0) is 16.2. The van der Waals surface area contributed by atoms with E-state index in [-0.39, 0.29) is 12.6 Å². The molecule has 0 saturated heterocycles. The second-order valence-electron chi connectivity index (χ2n) is 4.83. The van der Waals surface area contributed by atoms with Gasteiger partial charge < -0.3 is 18.9 Å². The first-order valence-corrected chi connectivity index (χ1v) is 7.06. The van der Waals surface area contributed by atoms with Gasteiger partial charge in [0.25, 0.3) is 0 Å². The predicted molar refractivity (Wildman–Crippen MR) is 85.5 cm³/mol. The molecule has 3 rings (SSSR count). The highest BCUT2D eigenvalue weighted by molar-refractivity contribution is 6.07. The van der Waals surface area contributed by atoms with Gasteiger partial charge in [0.15, 0.2) is 17.3 Å². The van der Waals surface area contributed by atoms with Crippen LogP contribution in [0.15, 0.2) is 42.5 Å². The Bertz CT molecular complexity index is 750. The fourth-order valence-electron chi connectivity index (χ4n) is 2.38. The fraction of sp³-hybridized carbons (Fsp3) is 0.167. The van der Waals surface area contributed by atoms with Gasteiger partial charge in [0.2, 0.25) is 18.3 Å². The maximum absolute atomic E-state index is 12.2. The molecule has 5 nitrogen and oxygen atoms in total. The predicted octanol–water partition coefficient (Wildman–Crippen LogP) is 3.33. The van der Waals surface area contributed by atoms with Gasteiger partial charge in [-0.25, -0.2) is 0 Å². The summed E-state index contributed by atoms with van der Waals surface area (Å²) in [5.41, 5.74) is 1.30. The molecule has 0 atom stereocenters. The van der Waals surface area contributed by atoms with E-state index in [4.69, 9.17) is 18.9 Å². The monoisotopic (exact) mass is 312 g/mol. The molecule has 5 heteroatoms. The van der Waals surface area contributed by atoms with Crippen LogP contribution < -0.4 is 18.9 Å². The van der Waals surface area contributed by atoms with E-state index in [0.29, 0.717) is 34.1 Å². The zero-order valence-corrected chi connectivity index (χ0v) is 12.9. The largest absolute Gasteiger partial charge is 0.493 e. The van der Waals surface area contributed by atoms with E-state index in [1.165, 1.54) is 6.08 Å². The summed E-state index contributed by atoms with van der Waals surface area (Å²) in [6.45, 7) is 0.109. The van der Waals surface area contributed by atoms with E-state index >= 15 is 0 Å². The molecule has 0 unspecified atom stereocenters. The van der Waals surface area contributed by atoms with Crippen molar-refractivity contribution in [2.45, 2.75) is 0 Å². The van der Waals surface area contributed by atoms with Crippen molar-refractivity contribution in [2.75, 3.05) is 21.0 Å². The smallest absolute Gasteiger partial charge is 0.231 e. The van der Waals surface area contributed by atoms with Crippen LogP contribution in [-0.4, -0.2) is 26.8 Å². The van der Waals surface area contributed by atoms with Crippen molar-refractivity contribution in [3.63, 3.8) is 0 Å². The van der Waals surface area contributed by atoms with E-state index in [1.54, 1.807) is 38.5 Å². The minimum Gasteiger partial charge on any atom is -0.493 e. The van der Waals surface area contributed by atoms with E-state index in [1.807, 2.05) is 18.2 Å². The number of fused-ring (bicyclic) bond motifs is 1. The molecule has 0 amide bonds. The van der Waals surface area contributed by atoms with E-state index in [9.17, 15) is 4.79 Å². The molecular formula is C18H16O5. The molecule has 118 valence electrons. The average molecular weight is 312 g/mol. The van der Waals surface area contributed by atoms with Crippen LogP contribution in [-0.2, 0) is 0 Å². The maximum atomic E-state index is 12.2. The van der Waals surface area contributed by atoms with Crippen molar-refractivity contribution in [3.05, 3.63) is 53.6 Å². The first-order valence-electron chi connectivity index (χ1n) is 7.06.